The lowest BCUT2D eigenvalue weighted by Gasteiger charge is -2.29. The highest BCUT2D eigenvalue weighted by Gasteiger charge is 2.31. The van der Waals surface area contributed by atoms with Crippen molar-refractivity contribution in [3.63, 3.8) is 0 Å². The Bertz CT molecular complexity index is 276. The number of rotatable bonds is 8. The molecule has 0 N–H and O–H groups in total. The number of carbonyl (C=O) groups is 2. The van der Waals surface area contributed by atoms with Gasteiger partial charge in [-0.1, -0.05) is 6.92 Å². The van der Waals surface area contributed by atoms with Crippen LogP contribution in [0.15, 0.2) is 0 Å². The molecule has 0 aromatic carbocycles. The zero-order valence-electron chi connectivity index (χ0n) is 12.1. The van der Waals surface area contributed by atoms with E-state index in [9.17, 15) is 9.59 Å². The summed E-state index contributed by atoms with van der Waals surface area (Å²) in [6, 6.07) is 0. The van der Waals surface area contributed by atoms with Gasteiger partial charge >= 0.3 is 11.9 Å². The third-order valence-electron chi connectivity index (χ3n) is 2.55. The Hall–Kier alpha value is -1.10. The summed E-state index contributed by atoms with van der Waals surface area (Å²) in [5, 5.41) is 0. The van der Waals surface area contributed by atoms with Crippen LogP contribution in [-0.2, 0) is 19.1 Å². The Morgan fingerprint density at radius 3 is 2.28 bits per heavy atom. The Morgan fingerprint density at radius 2 is 1.83 bits per heavy atom. The lowest BCUT2D eigenvalue weighted by atomic mass is 9.93. The maximum Gasteiger partial charge on any atom is 0.320 e. The first-order chi connectivity index (χ1) is 8.37. The number of methoxy groups -OCH3 is 1. The molecule has 5 heteroatoms. The van der Waals surface area contributed by atoms with E-state index in [0.717, 1.165) is 13.0 Å². The molecule has 0 fully saturated rings. The van der Waals surface area contributed by atoms with Gasteiger partial charge in [-0.2, -0.15) is 0 Å². The largest absolute Gasteiger partial charge is 0.469 e. The maximum absolute atomic E-state index is 11.6. The molecule has 0 radical (unpaired) electrons. The topological polar surface area (TPSA) is 55.8 Å². The number of carbonyl (C=O) groups excluding carboxylic acids is 2. The van der Waals surface area contributed by atoms with E-state index in [1.807, 2.05) is 25.7 Å². The molecule has 0 amide bonds. The lowest BCUT2D eigenvalue weighted by molar-refractivity contribution is -0.153. The van der Waals surface area contributed by atoms with Crippen molar-refractivity contribution in [3.05, 3.63) is 0 Å². The van der Waals surface area contributed by atoms with E-state index in [1.165, 1.54) is 7.11 Å². The normalized spacial score (nSPS) is 11.4. The molecule has 106 valence electrons. The minimum Gasteiger partial charge on any atom is -0.469 e. The van der Waals surface area contributed by atoms with Crippen LogP contribution in [0.4, 0.5) is 0 Å². The second kappa shape index (κ2) is 8.08. The first kappa shape index (κ1) is 16.9. The summed E-state index contributed by atoms with van der Waals surface area (Å²) < 4.78 is 9.69. The molecule has 5 nitrogen and oxygen atoms in total. The van der Waals surface area contributed by atoms with Gasteiger partial charge in [-0.15, -0.1) is 0 Å². The fraction of sp³-hybridized carbons (Fsp3) is 0.846. The summed E-state index contributed by atoms with van der Waals surface area (Å²) in [5.41, 5.74) is -0.629. The molecular formula is C13H25NO4. The quantitative estimate of drug-likeness (QED) is 0.618. The third-order valence-corrected chi connectivity index (χ3v) is 2.55. The summed E-state index contributed by atoms with van der Waals surface area (Å²) in [5.74, 6) is -0.529. The van der Waals surface area contributed by atoms with Crippen LogP contribution in [0.2, 0.25) is 0 Å². The summed E-state index contributed by atoms with van der Waals surface area (Å²) >= 11 is 0. The van der Waals surface area contributed by atoms with Crippen LogP contribution in [-0.4, -0.2) is 50.2 Å². The SMILES string of the molecule is CCCN(CC(=O)OCC)CC(C)(C)C(=O)OC. The molecule has 0 aliphatic carbocycles. The van der Waals surface area contributed by atoms with Crippen molar-refractivity contribution in [1.29, 1.82) is 0 Å². The van der Waals surface area contributed by atoms with Gasteiger partial charge in [0.05, 0.1) is 25.7 Å². The molecule has 0 spiro atoms. The highest BCUT2D eigenvalue weighted by atomic mass is 16.5. The van der Waals surface area contributed by atoms with Crippen molar-refractivity contribution in [2.75, 3.05) is 33.4 Å². The van der Waals surface area contributed by atoms with Gasteiger partial charge in [-0.25, -0.2) is 0 Å². The molecule has 0 bridgehead atoms. The summed E-state index contributed by atoms with van der Waals surface area (Å²) in [7, 11) is 1.37. The summed E-state index contributed by atoms with van der Waals surface area (Å²) in [6.45, 7) is 9.25. The Balaban J connectivity index is 4.51. The molecular weight excluding hydrogens is 234 g/mol. The van der Waals surface area contributed by atoms with Crippen molar-refractivity contribution < 1.29 is 19.1 Å². The van der Waals surface area contributed by atoms with E-state index in [1.54, 1.807) is 6.92 Å². The average Bonchev–Trinajstić information content (AvgIpc) is 2.27. The fourth-order valence-corrected chi connectivity index (χ4v) is 1.82. The second-order valence-electron chi connectivity index (χ2n) is 4.89. The predicted molar refractivity (Wildman–Crippen MR) is 69.2 cm³/mol. The molecule has 0 saturated carbocycles. The Labute approximate surface area is 109 Å². The van der Waals surface area contributed by atoms with Crippen molar-refractivity contribution >= 4 is 11.9 Å². The highest BCUT2D eigenvalue weighted by molar-refractivity contribution is 5.76. The van der Waals surface area contributed by atoms with Crippen molar-refractivity contribution in [3.8, 4) is 0 Å². The summed E-state index contributed by atoms with van der Waals surface area (Å²) in [4.78, 5) is 25.0. The molecule has 0 aliphatic heterocycles. The minimum atomic E-state index is -0.629. The minimum absolute atomic E-state index is 0.210. The monoisotopic (exact) mass is 259 g/mol. The molecule has 0 heterocycles. The molecule has 0 aliphatic rings. The van der Waals surface area contributed by atoms with Crippen molar-refractivity contribution in [1.82, 2.24) is 4.90 Å². The van der Waals surface area contributed by atoms with Gasteiger partial charge < -0.3 is 9.47 Å². The van der Waals surface area contributed by atoms with E-state index in [2.05, 4.69) is 0 Å². The Kier molecular flexibility index (Phi) is 7.59. The van der Waals surface area contributed by atoms with Crippen LogP contribution in [0.5, 0.6) is 0 Å². The van der Waals surface area contributed by atoms with Crippen LogP contribution in [0.3, 0.4) is 0 Å². The fourth-order valence-electron chi connectivity index (χ4n) is 1.82. The van der Waals surface area contributed by atoms with Crippen LogP contribution in [0.1, 0.15) is 34.1 Å². The third kappa shape index (κ3) is 6.00. The van der Waals surface area contributed by atoms with Gasteiger partial charge in [0.25, 0.3) is 0 Å². The standard InChI is InChI=1S/C13H25NO4/c1-6-8-14(9-11(15)18-7-2)10-13(3,4)12(16)17-5/h6-10H2,1-5H3. The highest BCUT2D eigenvalue weighted by Crippen LogP contribution is 2.19. The number of hydrogen-bond donors (Lipinski definition) is 0. The van der Waals surface area contributed by atoms with Crippen LogP contribution >= 0.6 is 0 Å². The molecule has 18 heavy (non-hydrogen) atoms. The molecule has 0 atom stereocenters. The van der Waals surface area contributed by atoms with Crippen LogP contribution < -0.4 is 0 Å². The average molecular weight is 259 g/mol. The van der Waals surface area contributed by atoms with E-state index >= 15 is 0 Å². The zero-order chi connectivity index (χ0) is 14.2. The van der Waals surface area contributed by atoms with Gasteiger partial charge in [0.15, 0.2) is 0 Å². The second-order valence-corrected chi connectivity index (χ2v) is 4.89. The first-order valence-corrected chi connectivity index (χ1v) is 6.33. The molecule has 0 rings (SSSR count). The smallest absolute Gasteiger partial charge is 0.320 e. The molecule has 0 unspecified atom stereocenters. The predicted octanol–water partition coefficient (Wildman–Crippen LogP) is 1.46. The number of ether oxygens (including phenoxy) is 2. The lowest BCUT2D eigenvalue weighted by Crippen LogP contribution is -2.42. The molecule has 0 aromatic heterocycles. The summed E-state index contributed by atoms with van der Waals surface area (Å²) in [6.07, 6.45) is 0.913. The van der Waals surface area contributed by atoms with E-state index in [-0.39, 0.29) is 18.5 Å². The maximum atomic E-state index is 11.6. The van der Waals surface area contributed by atoms with E-state index in [0.29, 0.717) is 13.2 Å². The van der Waals surface area contributed by atoms with E-state index in [4.69, 9.17) is 9.47 Å². The zero-order valence-corrected chi connectivity index (χ0v) is 12.1. The number of esters is 2. The number of hydrogen-bond acceptors (Lipinski definition) is 5. The number of nitrogens with zero attached hydrogens (tertiary/aromatic N) is 1. The van der Waals surface area contributed by atoms with E-state index < -0.39 is 5.41 Å². The van der Waals surface area contributed by atoms with Crippen LogP contribution in [0, 0.1) is 5.41 Å². The van der Waals surface area contributed by atoms with Gasteiger partial charge in [0.1, 0.15) is 0 Å². The Morgan fingerprint density at radius 1 is 1.22 bits per heavy atom. The molecule has 0 saturated heterocycles. The van der Waals surface area contributed by atoms with Crippen molar-refractivity contribution in [2.45, 2.75) is 34.1 Å². The van der Waals surface area contributed by atoms with Gasteiger partial charge in [-0.3, -0.25) is 14.5 Å². The van der Waals surface area contributed by atoms with Gasteiger partial charge in [0, 0.05) is 6.54 Å². The van der Waals surface area contributed by atoms with Gasteiger partial charge in [0.2, 0.25) is 0 Å². The van der Waals surface area contributed by atoms with Crippen LogP contribution in [0.25, 0.3) is 0 Å². The van der Waals surface area contributed by atoms with Crippen molar-refractivity contribution in [2.24, 2.45) is 5.41 Å². The molecule has 0 aromatic rings. The first-order valence-electron chi connectivity index (χ1n) is 6.33. The van der Waals surface area contributed by atoms with Gasteiger partial charge in [-0.05, 0) is 33.7 Å².